The quantitative estimate of drug-likeness (QED) is 0.766. The van der Waals surface area contributed by atoms with E-state index < -0.39 is 0 Å². The summed E-state index contributed by atoms with van der Waals surface area (Å²) >= 11 is 5.72. The Morgan fingerprint density at radius 2 is 1.92 bits per heavy atom. The molecule has 1 aromatic carbocycles. The fourth-order valence-electron chi connectivity index (χ4n) is 1.03. The molecule has 1 aromatic rings. The van der Waals surface area contributed by atoms with Crippen molar-refractivity contribution in [1.82, 2.24) is 0 Å². The highest BCUT2D eigenvalue weighted by Gasteiger charge is 1.97. The van der Waals surface area contributed by atoms with E-state index in [1.54, 1.807) is 6.92 Å². The Kier molecular flexibility index (Phi) is 3.57. The van der Waals surface area contributed by atoms with Crippen molar-refractivity contribution in [3.8, 4) is 0 Å². The smallest absolute Gasteiger partial charge is 0.0515 e. The number of aryl methyl sites for hydroxylation is 1. The number of hydrogen-bond donors (Lipinski definition) is 1. The Labute approximate surface area is 78.0 Å². The molecule has 0 bridgehead atoms. The van der Waals surface area contributed by atoms with Gasteiger partial charge in [0.25, 0.3) is 0 Å². The molecular weight excluding hydrogens is 172 g/mol. The van der Waals surface area contributed by atoms with Crippen LogP contribution >= 0.6 is 11.6 Å². The molecule has 0 heterocycles. The highest BCUT2D eigenvalue weighted by Crippen LogP contribution is 2.11. The first-order valence-electron chi connectivity index (χ1n) is 4.11. The van der Waals surface area contributed by atoms with Gasteiger partial charge in [0.2, 0.25) is 0 Å². The van der Waals surface area contributed by atoms with E-state index in [-0.39, 0.29) is 6.10 Å². The maximum Gasteiger partial charge on any atom is 0.0515 e. The maximum atomic E-state index is 9.04. The van der Waals surface area contributed by atoms with Crippen LogP contribution in [0.3, 0.4) is 0 Å². The van der Waals surface area contributed by atoms with Crippen LogP contribution in [0.15, 0.2) is 24.3 Å². The largest absolute Gasteiger partial charge is 0.393 e. The van der Waals surface area contributed by atoms with Crippen LogP contribution in [-0.4, -0.2) is 11.2 Å². The van der Waals surface area contributed by atoms with Gasteiger partial charge < -0.3 is 5.11 Å². The third kappa shape index (κ3) is 3.24. The van der Waals surface area contributed by atoms with Crippen molar-refractivity contribution in [2.24, 2.45) is 0 Å². The average Bonchev–Trinajstić information content (AvgIpc) is 2.03. The van der Waals surface area contributed by atoms with Crippen molar-refractivity contribution < 1.29 is 5.11 Å². The Morgan fingerprint density at radius 1 is 1.33 bits per heavy atom. The Hall–Kier alpha value is -0.530. The van der Waals surface area contributed by atoms with Gasteiger partial charge in [0, 0.05) is 5.02 Å². The van der Waals surface area contributed by atoms with Crippen LogP contribution in [-0.2, 0) is 6.42 Å². The van der Waals surface area contributed by atoms with E-state index in [9.17, 15) is 0 Å². The summed E-state index contributed by atoms with van der Waals surface area (Å²) in [7, 11) is 0. The van der Waals surface area contributed by atoms with Crippen LogP contribution in [0.25, 0.3) is 0 Å². The van der Waals surface area contributed by atoms with Gasteiger partial charge in [-0.2, -0.15) is 0 Å². The third-order valence-corrected chi connectivity index (χ3v) is 2.02. The lowest BCUT2D eigenvalue weighted by atomic mass is 10.1. The normalized spacial score (nSPS) is 12.9. The molecule has 0 saturated heterocycles. The van der Waals surface area contributed by atoms with Gasteiger partial charge in [-0.1, -0.05) is 23.7 Å². The van der Waals surface area contributed by atoms with Gasteiger partial charge >= 0.3 is 0 Å². The first kappa shape index (κ1) is 9.56. The molecule has 0 radical (unpaired) electrons. The average molecular weight is 185 g/mol. The third-order valence-electron chi connectivity index (χ3n) is 1.76. The lowest BCUT2D eigenvalue weighted by molar-refractivity contribution is 0.185. The van der Waals surface area contributed by atoms with Gasteiger partial charge in [-0.05, 0) is 37.5 Å². The topological polar surface area (TPSA) is 20.2 Å². The van der Waals surface area contributed by atoms with E-state index in [1.165, 1.54) is 5.56 Å². The molecule has 0 spiro atoms. The fraction of sp³-hybridized carbons (Fsp3) is 0.400. The predicted molar refractivity (Wildman–Crippen MR) is 51.5 cm³/mol. The van der Waals surface area contributed by atoms with Crippen molar-refractivity contribution in [2.75, 3.05) is 0 Å². The number of hydrogen-bond acceptors (Lipinski definition) is 1. The minimum Gasteiger partial charge on any atom is -0.393 e. The molecule has 0 amide bonds. The molecule has 1 nitrogen and oxygen atoms in total. The van der Waals surface area contributed by atoms with Gasteiger partial charge in [0.15, 0.2) is 0 Å². The molecule has 0 unspecified atom stereocenters. The van der Waals surface area contributed by atoms with Gasteiger partial charge in [-0.15, -0.1) is 0 Å². The molecule has 0 fully saturated rings. The zero-order chi connectivity index (χ0) is 8.97. The summed E-state index contributed by atoms with van der Waals surface area (Å²) in [5, 5.41) is 9.80. The van der Waals surface area contributed by atoms with Crippen LogP contribution in [0.5, 0.6) is 0 Å². The van der Waals surface area contributed by atoms with Crippen molar-refractivity contribution in [1.29, 1.82) is 0 Å². The number of aliphatic hydroxyl groups is 1. The number of halogens is 1. The molecule has 1 rings (SSSR count). The Bertz CT molecular complexity index is 228. The van der Waals surface area contributed by atoms with E-state index in [1.807, 2.05) is 24.3 Å². The molecule has 0 aliphatic carbocycles. The lowest BCUT2D eigenvalue weighted by Gasteiger charge is -2.03. The highest BCUT2D eigenvalue weighted by atomic mass is 35.5. The summed E-state index contributed by atoms with van der Waals surface area (Å²) in [6.45, 7) is 1.80. The molecule has 2 heteroatoms. The Balaban J connectivity index is 2.48. The van der Waals surface area contributed by atoms with Gasteiger partial charge in [-0.3, -0.25) is 0 Å². The van der Waals surface area contributed by atoms with E-state index in [0.717, 1.165) is 17.9 Å². The van der Waals surface area contributed by atoms with E-state index >= 15 is 0 Å². The summed E-state index contributed by atoms with van der Waals surface area (Å²) < 4.78 is 0. The zero-order valence-corrected chi connectivity index (χ0v) is 7.88. The van der Waals surface area contributed by atoms with E-state index in [0.29, 0.717) is 0 Å². The molecule has 0 saturated carbocycles. The summed E-state index contributed by atoms with van der Waals surface area (Å²) in [4.78, 5) is 0. The highest BCUT2D eigenvalue weighted by molar-refractivity contribution is 6.30. The predicted octanol–water partition coefficient (Wildman–Crippen LogP) is 2.65. The maximum absolute atomic E-state index is 9.04. The molecule has 12 heavy (non-hydrogen) atoms. The number of rotatable bonds is 3. The standard InChI is InChI=1S/C10H13ClO/c1-8(12)2-3-9-4-6-10(11)7-5-9/h4-8,12H,2-3H2,1H3/t8-/m1/s1. The summed E-state index contributed by atoms with van der Waals surface area (Å²) in [6.07, 6.45) is 1.50. The van der Waals surface area contributed by atoms with E-state index in [2.05, 4.69) is 0 Å². The summed E-state index contributed by atoms with van der Waals surface area (Å²) in [5.41, 5.74) is 1.22. The van der Waals surface area contributed by atoms with Gasteiger partial charge in [0.05, 0.1) is 6.10 Å². The van der Waals surface area contributed by atoms with Crippen molar-refractivity contribution in [3.05, 3.63) is 34.9 Å². The molecule has 66 valence electrons. The van der Waals surface area contributed by atoms with E-state index in [4.69, 9.17) is 16.7 Å². The molecule has 0 aliphatic heterocycles. The van der Waals surface area contributed by atoms with Crippen LogP contribution in [0.2, 0.25) is 5.02 Å². The minimum atomic E-state index is -0.222. The van der Waals surface area contributed by atoms with Crippen LogP contribution in [0.1, 0.15) is 18.9 Å². The second-order valence-electron chi connectivity index (χ2n) is 3.01. The summed E-state index contributed by atoms with van der Waals surface area (Å²) in [5.74, 6) is 0. The number of aliphatic hydroxyl groups excluding tert-OH is 1. The van der Waals surface area contributed by atoms with Crippen molar-refractivity contribution >= 4 is 11.6 Å². The first-order chi connectivity index (χ1) is 5.68. The van der Waals surface area contributed by atoms with Crippen molar-refractivity contribution in [2.45, 2.75) is 25.9 Å². The first-order valence-corrected chi connectivity index (χ1v) is 4.49. The zero-order valence-electron chi connectivity index (χ0n) is 7.13. The number of benzene rings is 1. The second-order valence-corrected chi connectivity index (χ2v) is 3.45. The second kappa shape index (κ2) is 4.48. The fourth-order valence-corrected chi connectivity index (χ4v) is 1.15. The summed E-state index contributed by atoms with van der Waals surface area (Å²) in [6, 6.07) is 7.73. The monoisotopic (exact) mass is 184 g/mol. The van der Waals surface area contributed by atoms with Crippen LogP contribution < -0.4 is 0 Å². The molecule has 0 aromatic heterocycles. The molecule has 1 N–H and O–H groups in total. The Morgan fingerprint density at radius 3 is 2.42 bits per heavy atom. The van der Waals surface area contributed by atoms with Gasteiger partial charge in [-0.25, -0.2) is 0 Å². The SMILES string of the molecule is C[C@@H](O)CCc1ccc(Cl)cc1. The van der Waals surface area contributed by atoms with Gasteiger partial charge in [0.1, 0.15) is 0 Å². The van der Waals surface area contributed by atoms with Crippen LogP contribution in [0, 0.1) is 0 Å². The minimum absolute atomic E-state index is 0.222. The van der Waals surface area contributed by atoms with Crippen LogP contribution in [0.4, 0.5) is 0 Å². The van der Waals surface area contributed by atoms with Crippen molar-refractivity contribution in [3.63, 3.8) is 0 Å². The molecule has 0 aliphatic rings. The lowest BCUT2D eigenvalue weighted by Crippen LogP contribution is -2.00. The molecular formula is C10H13ClO. The molecule has 1 atom stereocenters.